The fourth-order valence-corrected chi connectivity index (χ4v) is 3.67. The predicted octanol–water partition coefficient (Wildman–Crippen LogP) is 4.73. The third-order valence-electron chi connectivity index (χ3n) is 5.61. The molecule has 1 N–H and O–H groups in total. The van der Waals surface area contributed by atoms with Crippen LogP contribution in [0.4, 0.5) is 0 Å². The summed E-state index contributed by atoms with van der Waals surface area (Å²) >= 11 is 0. The van der Waals surface area contributed by atoms with Crippen LogP contribution in [0.3, 0.4) is 0 Å². The largest absolute Gasteiger partial charge is 0.494 e. The molecule has 0 saturated carbocycles. The zero-order valence-corrected chi connectivity index (χ0v) is 18.6. The lowest BCUT2D eigenvalue weighted by Crippen LogP contribution is -2.30. The van der Waals surface area contributed by atoms with E-state index in [4.69, 9.17) is 4.74 Å². The number of Topliss-reactive ketones (excluding diaryl/α,β-unsaturated/α-hetero) is 1. The maximum absolute atomic E-state index is 13.0. The van der Waals surface area contributed by atoms with Crippen LogP contribution in [0.1, 0.15) is 65.3 Å². The Hall–Kier alpha value is -3.85. The second kappa shape index (κ2) is 9.52. The molecule has 0 aliphatic rings. The molecule has 0 bridgehead atoms. The topological polar surface area (TPSA) is 92.3 Å². The number of benzene rings is 2. The SMILES string of the molecule is Cc1c(C(=O)COc2ccc(C(C)C)cc2)c(O)n(C(C)c2ccccc2)c(=O)c1C#N. The number of rotatable bonds is 7. The first-order valence-corrected chi connectivity index (χ1v) is 10.4. The molecule has 0 radical (unpaired) electrons. The van der Waals surface area contributed by atoms with Crippen LogP contribution in [0.15, 0.2) is 59.4 Å². The fourth-order valence-electron chi connectivity index (χ4n) is 3.67. The van der Waals surface area contributed by atoms with Crippen LogP contribution >= 0.6 is 0 Å². The van der Waals surface area contributed by atoms with Crippen molar-refractivity contribution in [1.29, 1.82) is 5.26 Å². The third-order valence-corrected chi connectivity index (χ3v) is 5.61. The summed E-state index contributed by atoms with van der Waals surface area (Å²) in [5, 5.41) is 20.5. The van der Waals surface area contributed by atoms with Crippen molar-refractivity contribution in [3.05, 3.63) is 92.8 Å². The first kappa shape index (κ1) is 22.8. The number of ether oxygens (including phenoxy) is 1. The Morgan fingerprint density at radius 1 is 1.06 bits per heavy atom. The summed E-state index contributed by atoms with van der Waals surface area (Å²) in [6.45, 7) is 7.06. The average Bonchev–Trinajstić information content (AvgIpc) is 2.78. The van der Waals surface area contributed by atoms with Gasteiger partial charge in [0.05, 0.1) is 11.6 Å². The number of nitrogens with zero attached hydrogens (tertiary/aromatic N) is 2. The summed E-state index contributed by atoms with van der Waals surface area (Å²) in [6.07, 6.45) is 0. The summed E-state index contributed by atoms with van der Waals surface area (Å²) in [6, 6.07) is 17.9. The smallest absolute Gasteiger partial charge is 0.272 e. The summed E-state index contributed by atoms with van der Waals surface area (Å²) in [4.78, 5) is 26.0. The Kier molecular flexibility index (Phi) is 6.79. The van der Waals surface area contributed by atoms with E-state index >= 15 is 0 Å². The van der Waals surface area contributed by atoms with E-state index in [1.54, 1.807) is 19.1 Å². The van der Waals surface area contributed by atoms with Crippen LogP contribution in [-0.4, -0.2) is 22.1 Å². The highest BCUT2D eigenvalue weighted by Crippen LogP contribution is 2.28. The summed E-state index contributed by atoms with van der Waals surface area (Å²) in [5.41, 5.74) is 1.17. The van der Waals surface area contributed by atoms with E-state index in [0.29, 0.717) is 11.7 Å². The zero-order chi connectivity index (χ0) is 23.4. The van der Waals surface area contributed by atoms with Gasteiger partial charge in [-0.3, -0.25) is 14.2 Å². The van der Waals surface area contributed by atoms with Crippen molar-refractivity contribution in [2.75, 3.05) is 6.61 Å². The Labute approximate surface area is 187 Å². The lowest BCUT2D eigenvalue weighted by molar-refractivity contribution is 0.0916. The minimum absolute atomic E-state index is 0.0808. The van der Waals surface area contributed by atoms with Gasteiger partial charge >= 0.3 is 0 Å². The van der Waals surface area contributed by atoms with Crippen LogP contribution in [0.2, 0.25) is 0 Å². The van der Waals surface area contributed by atoms with Crippen molar-refractivity contribution in [3.63, 3.8) is 0 Å². The minimum atomic E-state index is -0.638. The highest BCUT2D eigenvalue weighted by Gasteiger charge is 2.26. The van der Waals surface area contributed by atoms with Gasteiger partial charge in [-0.05, 0) is 48.6 Å². The van der Waals surface area contributed by atoms with Crippen molar-refractivity contribution < 1.29 is 14.6 Å². The van der Waals surface area contributed by atoms with Gasteiger partial charge in [-0.2, -0.15) is 5.26 Å². The Balaban J connectivity index is 1.97. The molecule has 6 nitrogen and oxygen atoms in total. The number of aromatic hydroxyl groups is 1. The molecule has 164 valence electrons. The highest BCUT2D eigenvalue weighted by atomic mass is 16.5. The molecule has 32 heavy (non-hydrogen) atoms. The zero-order valence-electron chi connectivity index (χ0n) is 18.6. The molecule has 1 heterocycles. The second-order valence-corrected chi connectivity index (χ2v) is 8.01. The molecular weight excluding hydrogens is 404 g/mol. The van der Waals surface area contributed by atoms with E-state index in [2.05, 4.69) is 13.8 Å². The number of aromatic nitrogens is 1. The average molecular weight is 431 g/mol. The van der Waals surface area contributed by atoms with Gasteiger partial charge in [0.1, 0.15) is 17.4 Å². The molecule has 1 unspecified atom stereocenters. The molecule has 0 aliphatic carbocycles. The lowest BCUT2D eigenvalue weighted by atomic mass is 10.00. The van der Waals surface area contributed by atoms with Crippen LogP contribution < -0.4 is 10.3 Å². The minimum Gasteiger partial charge on any atom is -0.494 e. The Morgan fingerprint density at radius 2 is 1.69 bits per heavy atom. The third kappa shape index (κ3) is 4.42. The quantitative estimate of drug-likeness (QED) is 0.547. The van der Waals surface area contributed by atoms with Crippen LogP contribution in [-0.2, 0) is 0 Å². The number of carbonyl (C=O) groups excluding carboxylic acids is 1. The molecule has 3 aromatic rings. The molecule has 0 aliphatic heterocycles. The number of hydrogen-bond donors (Lipinski definition) is 1. The van der Waals surface area contributed by atoms with Crippen molar-refractivity contribution in [2.24, 2.45) is 0 Å². The molecule has 3 rings (SSSR count). The molecular formula is C26H26N2O4. The number of carbonyl (C=O) groups is 1. The van der Waals surface area contributed by atoms with Gasteiger partial charge in [-0.15, -0.1) is 0 Å². The Bertz CT molecular complexity index is 1220. The molecule has 0 amide bonds. The fraction of sp³-hybridized carbons (Fsp3) is 0.269. The second-order valence-electron chi connectivity index (χ2n) is 8.01. The molecule has 0 spiro atoms. The van der Waals surface area contributed by atoms with Gasteiger partial charge in [0.2, 0.25) is 11.7 Å². The monoisotopic (exact) mass is 430 g/mol. The van der Waals surface area contributed by atoms with Crippen molar-refractivity contribution >= 4 is 5.78 Å². The Morgan fingerprint density at radius 3 is 2.25 bits per heavy atom. The van der Waals surface area contributed by atoms with Crippen LogP contribution in [0, 0.1) is 18.3 Å². The van der Waals surface area contributed by atoms with Crippen molar-refractivity contribution in [3.8, 4) is 17.7 Å². The van der Waals surface area contributed by atoms with Gasteiger partial charge < -0.3 is 9.84 Å². The summed E-state index contributed by atoms with van der Waals surface area (Å²) in [5.74, 6) is -0.0845. The maximum Gasteiger partial charge on any atom is 0.272 e. The first-order chi connectivity index (χ1) is 15.3. The first-order valence-electron chi connectivity index (χ1n) is 10.4. The number of ketones is 1. The van der Waals surface area contributed by atoms with Crippen molar-refractivity contribution in [2.45, 2.75) is 39.7 Å². The number of pyridine rings is 1. The van der Waals surface area contributed by atoms with Gasteiger partial charge in [0.15, 0.2) is 6.61 Å². The number of nitriles is 1. The maximum atomic E-state index is 13.0. The van der Waals surface area contributed by atoms with E-state index in [1.807, 2.05) is 48.5 Å². The lowest BCUT2D eigenvalue weighted by Gasteiger charge is -2.21. The van der Waals surface area contributed by atoms with E-state index in [1.165, 1.54) is 6.92 Å². The van der Waals surface area contributed by atoms with Gasteiger partial charge in [0, 0.05) is 0 Å². The standard InChI is InChI=1S/C26H26N2O4/c1-16(2)19-10-12-21(13-11-19)32-15-23(29)24-17(3)22(14-27)25(30)28(26(24)31)18(4)20-8-6-5-7-9-20/h5-13,16,18,31H,15H2,1-4H3. The predicted molar refractivity (Wildman–Crippen MR) is 122 cm³/mol. The summed E-state index contributed by atoms with van der Waals surface area (Å²) < 4.78 is 6.71. The van der Waals surface area contributed by atoms with E-state index in [-0.39, 0.29) is 23.3 Å². The van der Waals surface area contributed by atoms with E-state index in [9.17, 15) is 20.0 Å². The summed E-state index contributed by atoms with van der Waals surface area (Å²) in [7, 11) is 0. The molecule has 2 aromatic carbocycles. The number of hydrogen-bond acceptors (Lipinski definition) is 5. The van der Waals surface area contributed by atoms with Gasteiger partial charge in [0.25, 0.3) is 5.56 Å². The molecule has 1 atom stereocenters. The molecule has 1 aromatic heterocycles. The van der Waals surface area contributed by atoms with Crippen LogP contribution in [0.25, 0.3) is 0 Å². The van der Waals surface area contributed by atoms with Crippen LogP contribution in [0.5, 0.6) is 11.6 Å². The van der Waals surface area contributed by atoms with E-state index < -0.39 is 23.3 Å². The molecule has 6 heteroatoms. The van der Waals surface area contributed by atoms with E-state index in [0.717, 1.165) is 15.7 Å². The van der Waals surface area contributed by atoms with Gasteiger partial charge in [-0.25, -0.2) is 0 Å². The molecule has 0 fully saturated rings. The normalized spacial score (nSPS) is 11.8. The van der Waals surface area contributed by atoms with Crippen molar-refractivity contribution in [1.82, 2.24) is 4.57 Å². The van der Waals surface area contributed by atoms with Gasteiger partial charge in [-0.1, -0.05) is 56.3 Å². The highest BCUT2D eigenvalue weighted by molar-refractivity contribution is 6.01. The molecule has 0 saturated heterocycles.